The van der Waals surface area contributed by atoms with Crippen molar-refractivity contribution in [2.75, 3.05) is 44.8 Å². The van der Waals surface area contributed by atoms with E-state index in [9.17, 15) is 48.6 Å². The second-order valence-corrected chi connectivity index (χ2v) is 30.3. The first-order valence-corrected chi connectivity index (χ1v) is 40.7. The third-order valence-corrected chi connectivity index (χ3v) is 21.0. The summed E-state index contributed by atoms with van der Waals surface area (Å²) in [6.45, 7) is 0.911. The molecule has 1 fully saturated rings. The molecule has 3 aromatic heterocycles. The molecule has 4 aromatic carbocycles. The summed E-state index contributed by atoms with van der Waals surface area (Å²) in [6, 6.07) is 7.38. The van der Waals surface area contributed by atoms with Crippen molar-refractivity contribution in [3.8, 4) is 5.75 Å². The predicted octanol–water partition coefficient (Wildman–Crippen LogP) is -5.06. The topological polar surface area (TPSA) is 652 Å². The lowest BCUT2D eigenvalue weighted by molar-refractivity contribution is -0.143. The number of aliphatic hydroxyl groups excluding tert-OH is 1. The van der Waals surface area contributed by atoms with Gasteiger partial charge in [0.1, 0.15) is 78.3 Å². The highest BCUT2D eigenvalue weighted by atomic mass is 32.2. The van der Waals surface area contributed by atoms with Crippen molar-refractivity contribution in [2.24, 2.45) is 24.2 Å². The van der Waals surface area contributed by atoms with E-state index in [0.29, 0.717) is 27.8 Å². The summed E-state index contributed by atoms with van der Waals surface area (Å²) in [5.74, 6) is -15.6. The summed E-state index contributed by atoms with van der Waals surface area (Å²) in [7, 11) is 2.81. The van der Waals surface area contributed by atoms with Gasteiger partial charge >= 0.3 is 0 Å². The summed E-state index contributed by atoms with van der Waals surface area (Å²) in [5.41, 5.74) is 18.9. The lowest BCUT2D eigenvalue weighted by atomic mass is 9.97. The molecule has 0 unspecified atom stereocenters. The van der Waals surface area contributed by atoms with Crippen LogP contribution in [0.1, 0.15) is 79.7 Å². The largest absolute Gasteiger partial charge is 0.508 e. The molecule has 7 aromatic rings. The van der Waals surface area contributed by atoms with Crippen LogP contribution in [0.3, 0.4) is 0 Å². The number of H-pyrrole nitrogens is 2. The minimum absolute atomic E-state index is 0.00411. The van der Waals surface area contributed by atoms with Crippen molar-refractivity contribution in [2.45, 2.75) is 157 Å². The molecule has 12 atom stereocenters. The third-order valence-electron chi connectivity index (χ3n) is 19.9. The average molecular weight is 1720 g/mol. The summed E-state index contributed by atoms with van der Waals surface area (Å²) in [6.07, 6.45) is 5.89. The maximum absolute atomic E-state index is 15.4. The molecule has 1 aliphatic heterocycles. The Bertz CT molecular complexity index is 4820. The van der Waals surface area contributed by atoms with Crippen LogP contribution < -0.4 is 91.6 Å². The molecule has 1 aliphatic rings. The van der Waals surface area contributed by atoms with Crippen molar-refractivity contribution in [1.82, 2.24) is 109 Å². The monoisotopic (exact) mass is 1720 g/mol. The van der Waals surface area contributed by atoms with Crippen molar-refractivity contribution < 1.29 is 77.3 Å². The Hall–Kier alpha value is -14.0. The number of phenolic OH excluding ortho intramolecular Hbond substituents is 1. The molecule has 1 saturated heterocycles. The highest BCUT2D eigenvalue weighted by molar-refractivity contribution is 8.00. The van der Waals surface area contributed by atoms with Crippen LogP contribution in [-0.4, -0.2) is 257 Å². The van der Waals surface area contributed by atoms with Gasteiger partial charge in [0.05, 0.1) is 49.3 Å². The Morgan fingerprint density at radius 3 is 1.60 bits per heavy atom. The quantitative estimate of drug-likeness (QED) is 0.0145. The van der Waals surface area contributed by atoms with Gasteiger partial charge in [-0.25, -0.2) is 15.0 Å². The lowest BCUT2D eigenvalue weighted by Crippen LogP contribution is -2.61. The molecule has 0 spiro atoms. The van der Waals surface area contributed by atoms with E-state index >= 15 is 28.8 Å². The van der Waals surface area contributed by atoms with Crippen LogP contribution in [0.15, 0.2) is 135 Å². The van der Waals surface area contributed by atoms with Gasteiger partial charge in [0.15, 0.2) is 11.9 Å². The Balaban J connectivity index is 1.20. The van der Waals surface area contributed by atoms with E-state index in [1.807, 2.05) is 18.2 Å². The highest BCUT2D eigenvalue weighted by Gasteiger charge is 2.40. The van der Waals surface area contributed by atoms with Gasteiger partial charge < -0.3 is 121 Å². The summed E-state index contributed by atoms with van der Waals surface area (Å²) < 4.78 is 1.53. The molecule has 0 bridgehead atoms. The normalized spacial score (nSPS) is 22.3. The molecular formula is C80H106N26O16S. The number of carbonyl (C=O) groups is 14. The number of benzene rings is 4. The van der Waals surface area contributed by atoms with Gasteiger partial charge in [-0.3, -0.25) is 77.9 Å². The first-order valence-electron chi connectivity index (χ1n) is 39.6. The van der Waals surface area contributed by atoms with Gasteiger partial charge in [-0.15, -0.1) is 11.8 Å². The van der Waals surface area contributed by atoms with E-state index in [1.165, 1.54) is 80.4 Å². The Morgan fingerprint density at radius 2 is 1.02 bits per heavy atom. The van der Waals surface area contributed by atoms with Crippen molar-refractivity contribution >= 4 is 117 Å². The smallest absolute Gasteiger partial charge is 0.245 e. The van der Waals surface area contributed by atoms with Crippen LogP contribution in [0.2, 0.25) is 0 Å². The third kappa shape index (κ3) is 29.7. The van der Waals surface area contributed by atoms with Crippen molar-refractivity contribution in [3.05, 3.63) is 168 Å². The molecule has 658 valence electrons. The number of aromatic amines is 2. The second kappa shape index (κ2) is 47.1. The van der Waals surface area contributed by atoms with Crippen LogP contribution in [0.25, 0.3) is 10.8 Å². The number of hydrogen-bond acceptors (Lipinski definition) is 22. The second-order valence-electron chi connectivity index (χ2n) is 29.3. The van der Waals surface area contributed by atoms with Gasteiger partial charge in [0, 0.05) is 95.7 Å². The minimum Gasteiger partial charge on any atom is -0.508 e. The molecule has 0 radical (unpaired) electrons. The number of aliphatic hydroxyl groups is 1. The van der Waals surface area contributed by atoms with Crippen LogP contribution in [0.4, 0.5) is 0 Å². The number of likely N-dealkylation sites (N-methyl/N-ethyl adjacent to an activating group) is 1. The number of aromatic hydroxyl groups is 1. The number of phenols is 1. The maximum atomic E-state index is 15.4. The first-order chi connectivity index (χ1) is 58.9. The number of imidazole rings is 3. The van der Waals surface area contributed by atoms with E-state index in [2.05, 4.69) is 99.4 Å². The number of carbonyl (C=O) groups excluding carboxylic acids is 14. The maximum Gasteiger partial charge on any atom is 0.245 e. The van der Waals surface area contributed by atoms with Gasteiger partial charge in [0.25, 0.3) is 0 Å². The summed E-state index contributed by atoms with van der Waals surface area (Å²) in [4.78, 5) is 224. The zero-order valence-corrected chi connectivity index (χ0v) is 69.0. The number of nitrogens with two attached hydrogens (primary N) is 3. The van der Waals surface area contributed by atoms with Gasteiger partial charge in [-0.1, -0.05) is 91.9 Å². The van der Waals surface area contributed by atoms with E-state index in [-0.39, 0.29) is 94.4 Å². The number of nitrogens with zero attached hydrogens (tertiary/aromatic N) is 5. The SMILES string of the molecule is CC[C@@H]1NC(=O)[C@H](Cc2ccccc2)NC(=O)CSC[C@@H](C(=O)NCC(N)=O)NC(=O)[C@H](Cc2cncn2C)NC(=O)[C@H](CCCNC(=N)N)NC(=O)[C@H](Cc2c[nH]cn2)NC(=O)[C@H](Cc2ccc(O)cc2)N(C)C(=O)[C@H](CCCNC(=N)N)NC(=O)[C@H](CO)NC(=O)[C@@H](C)NC(=O)[C@H](Cc2c[nH]cn2)NC(=O)[C@H](Cc2cccc3ccccc23)NC1=O. The fraction of sp³-hybridized carbons (Fsp3) is 0.412. The van der Waals surface area contributed by atoms with Gasteiger partial charge in [0.2, 0.25) is 82.7 Å². The molecule has 14 amide bonds. The minimum atomic E-state index is -1.87. The fourth-order valence-electron chi connectivity index (χ4n) is 13.2. The molecular weight excluding hydrogens is 1610 g/mol. The van der Waals surface area contributed by atoms with Crippen LogP contribution in [0.5, 0.6) is 5.75 Å². The van der Waals surface area contributed by atoms with E-state index in [4.69, 9.17) is 28.0 Å². The molecule has 43 heteroatoms. The number of fused-ring (bicyclic) bond motifs is 1. The Morgan fingerprint density at radius 1 is 0.528 bits per heavy atom. The summed E-state index contributed by atoms with van der Waals surface area (Å²) >= 11 is 0.797. The van der Waals surface area contributed by atoms with Crippen LogP contribution in [0, 0.1) is 10.8 Å². The molecule has 8 rings (SSSR count). The number of primary amides is 1. The lowest BCUT2D eigenvalue weighted by Gasteiger charge is -2.33. The molecule has 123 heavy (non-hydrogen) atoms. The first kappa shape index (κ1) is 94.5. The number of aryl methyl sites for hydroxylation is 1. The Kier molecular flexibility index (Phi) is 36.2. The van der Waals surface area contributed by atoms with E-state index in [1.54, 1.807) is 68.6 Å². The Labute approximate surface area is 711 Å². The number of nitrogens with one attached hydrogen (secondary N) is 18. The highest BCUT2D eigenvalue weighted by Crippen LogP contribution is 2.22. The summed E-state index contributed by atoms with van der Waals surface area (Å²) in [5, 5.41) is 75.0. The number of aromatic nitrogens is 6. The van der Waals surface area contributed by atoms with Crippen molar-refractivity contribution in [1.29, 1.82) is 10.8 Å². The molecule has 0 aliphatic carbocycles. The van der Waals surface area contributed by atoms with Crippen LogP contribution in [-0.2, 0) is 113 Å². The van der Waals surface area contributed by atoms with Crippen LogP contribution >= 0.6 is 11.8 Å². The molecule has 4 heterocycles. The number of thioether (sulfide) groups is 1. The number of hydrogen-bond donors (Lipinski definition) is 23. The number of rotatable bonds is 25. The van der Waals surface area contributed by atoms with E-state index < -0.39 is 198 Å². The standard InChI is InChI=1S/C80H106N26O16S/c1-5-54-69(113)99-58(30-48-18-11-17-47-16-9-10-19-53(47)48)73(117)100-59(31-49-34-86-41-92-49)71(115)94-44(2)67(111)103-62(38-107)76(120)98-56(21-13-27-90-80(84)85)78(122)106(4)64(29-46-22-24-52(108)25-23-46)77(121)102-60(32-50-35-87-42-93-50)74(118)97-55(20-12-26-89-79(82)83)70(114)101-61(33-51-36-88-43-105(51)3)75(119)104-63(68(112)91-37-65(81)109)39-123-40-66(110)95-57(72(116)96-54)28-45-14-7-6-8-15-45/h6-11,14-19,22-25,34-36,41-44,54-64,107-108H,5,12-13,20-21,26-33,37-40H2,1-4H3,(H2,81,109)(H,86,92)(H,87,93)(H,91,112)(H,94,115)(H,95,110)(H,96,116)(H,97,118)(H,98,120)(H,99,113)(H,100,117)(H,101,114)(H,102,121)(H,103,111)(H,104,119)(H4,82,83,89)(H4,84,85,90)/t44-,54+,55+,56+,57+,58+,59+,60+,61+,62+,63+,64+/m1/s1. The molecule has 0 saturated carbocycles. The zero-order valence-electron chi connectivity index (χ0n) is 68.1. The molecule has 26 N–H and O–H groups in total. The fourth-order valence-corrected chi connectivity index (χ4v) is 14.1. The molecule has 42 nitrogen and oxygen atoms in total. The number of amides is 14. The van der Waals surface area contributed by atoms with Crippen molar-refractivity contribution in [3.63, 3.8) is 0 Å². The predicted molar refractivity (Wildman–Crippen MR) is 450 cm³/mol. The zero-order chi connectivity index (χ0) is 89.2. The number of guanidine groups is 2. The van der Waals surface area contributed by atoms with Gasteiger partial charge in [-0.05, 0) is 78.6 Å². The van der Waals surface area contributed by atoms with Gasteiger partial charge in [-0.2, -0.15) is 0 Å². The van der Waals surface area contributed by atoms with E-state index in [0.717, 1.165) is 22.0 Å². The average Bonchev–Trinajstić information content (AvgIpc) is 0.886.